The van der Waals surface area contributed by atoms with Crippen molar-refractivity contribution in [2.75, 3.05) is 24.8 Å². The zero-order valence-electron chi connectivity index (χ0n) is 13.6. The number of carbonyl (C=O) groups excluding carboxylic acids is 1. The lowest BCUT2D eigenvalue weighted by atomic mass is 10.2. The van der Waals surface area contributed by atoms with Gasteiger partial charge in [0.25, 0.3) is 0 Å². The molecule has 0 bridgehead atoms. The third kappa shape index (κ3) is 3.43. The van der Waals surface area contributed by atoms with Crippen LogP contribution in [0.3, 0.4) is 0 Å². The van der Waals surface area contributed by atoms with E-state index >= 15 is 0 Å². The second-order valence-electron chi connectivity index (χ2n) is 5.93. The van der Waals surface area contributed by atoms with Crippen molar-refractivity contribution in [3.63, 3.8) is 0 Å². The van der Waals surface area contributed by atoms with Gasteiger partial charge in [-0.1, -0.05) is 23.7 Å². The molecule has 6 nitrogen and oxygen atoms in total. The van der Waals surface area contributed by atoms with Gasteiger partial charge in [-0.3, -0.25) is 0 Å². The Morgan fingerprint density at radius 1 is 1.33 bits per heavy atom. The number of aromatic nitrogens is 2. The molecule has 3 rings (SSSR count). The van der Waals surface area contributed by atoms with Crippen molar-refractivity contribution in [2.24, 2.45) is 0 Å². The van der Waals surface area contributed by atoms with Crippen LogP contribution in [0.5, 0.6) is 0 Å². The highest BCUT2D eigenvalue weighted by Gasteiger charge is 2.30. The van der Waals surface area contributed by atoms with E-state index in [1.54, 1.807) is 0 Å². The molecular formula is C17H19ClN4O2. The molecule has 24 heavy (non-hydrogen) atoms. The number of hydrogen-bond acceptors (Lipinski definition) is 6. The van der Waals surface area contributed by atoms with Crippen molar-refractivity contribution in [3.05, 3.63) is 46.4 Å². The maximum Gasteiger partial charge on any atom is 0.358 e. The van der Waals surface area contributed by atoms with Crippen LogP contribution in [-0.4, -0.2) is 30.1 Å². The van der Waals surface area contributed by atoms with E-state index in [4.69, 9.17) is 22.1 Å². The first kappa shape index (κ1) is 16.5. The number of ether oxygens (including phenoxy) is 1. The van der Waals surface area contributed by atoms with Crippen LogP contribution in [0.4, 0.5) is 11.5 Å². The van der Waals surface area contributed by atoms with Gasteiger partial charge in [-0.2, -0.15) is 0 Å². The average molecular weight is 347 g/mol. The fraction of sp³-hybridized carbons (Fsp3) is 0.353. The van der Waals surface area contributed by atoms with Crippen molar-refractivity contribution < 1.29 is 9.53 Å². The Bertz CT molecular complexity index is 760. The van der Waals surface area contributed by atoms with Crippen LogP contribution in [0, 0.1) is 0 Å². The van der Waals surface area contributed by atoms with Gasteiger partial charge in [-0.05, 0) is 30.5 Å². The van der Waals surface area contributed by atoms with E-state index in [1.807, 2.05) is 36.2 Å². The van der Waals surface area contributed by atoms with Crippen LogP contribution >= 0.6 is 11.6 Å². The first-order chi connectivity index (χ1) is 11.5. The summed E-state index contributed by atoms with van der Waals surface area (Å²) < 4.78 is 4.79. The molecule has 0 radical (unpaired) electrons. The smallest absolute Gasteiger partial charge is 0.358 e. The maximum absolute atomic E-state index is 12.0. The Labute approximate surface area is 145 Å². The first-order valence-corrected chi connectivity index (χ1v) is 8.08. The number of nitrogens with two attached hydrogens (primary N) is 1. The highest BCUT2D eigenvalue weighted by atomic mass is 35.5. The highest BCUT2D eigenvalue weighted by Crippen LogP contribution is 2.40. The largest absolute Gasteiger partial charge is 0.464 e. The van der Waals surface area contributed by atoms with Gasteiger partial charge < -0.3 is 15.4 Å². The Kier molecular flexibility index (Phi) is 4.57. The molecule has 2 aromatic rings. The molecule has 2 N–H and O–H groups in total. The van der Waals surface area contributed by atoms with Gasteiger partial charge in [0.1, 0.15) is 10.8 Å². The average Bonchev–Trinajstić information content (AvgIpc) is 3.41. The zero-order valence-corrected chi connectivity index (χ0v) is 14.4. The van der Waals surface area contributed by atoms with Crippen LogP contribution in [0.25, 0.3) is 0 Å². The van der Waals surface area contributed by atoms with Crippen LogP contribution < -0.4 is 10.6 Å². The number of carbonyl (C=O) groups is 1. The van der Waals surface area contributed by atoms with Gasteiger partial charge in [0, 0.05) is 25.2 Å². The number of nitrogens with zero attached hydrogens (tertiary/aromatic N) is 3. The van der Waals surface area contributed by atoms with Crippen LogP contribution in [-0.2, 0) is 11.3 Å². The van der Waals surface area contributed by atoms with Crippen LogP contribution in [0.1, 0.15) is 40.6 Å². The Morgan fingerprint density at radius 2 is 2.00 bits per heavy atom. The summed E-state index contributed by atoms with van der Waals surface area (Å²) in [5.74, 6) is 0.936. The van der Waals surface area contributed by atoms with E-state index in [-0.39, 0.29) is 10.7 Å². The number of hydrogen-bond donors (Lipinski definition) is 1. The molecule has 1 aliphatic rings. The van der Waals surface area contributed by atoms with Crippen molar-refractivity contribution in [1.82, 2.24) is 9.97 Å². The minimum absolute atomic E-state index is 0.121. The molecule has 0 saturated heterocycles. The third-order valence-corrected chi connectivity index (χ3v) is 4.28. The molecule has 0 spiro atoms. The summed E-state index contributed by atoms with van der Waals surface area (Å²) >= 11 is 6.38. The van der Waals surface area contributed by atoms with Gasteiger partial charge in [-0.15, -0.1) is 0 Å². The third-order valence-electron chi connectivity index (χ3n) is 3.93. The number of anilines is 2. The van der Waals surface area contributed by atoms with E-state index in [2.05, 4.69) is 9.97 Å². The minimum Gasteiger partial charge on any atom is -0.464 e. The van der Waals surface area contributed by atoms with Crippen molar-refractivity contribution in [3.8, 4) is 0 Å². The molecule has 0 amide bonds. The minimum atomic E-state index is -0.550. The summed E-state index contributed by atoms with van der Waals surface area (Å²) in [6, 6.07) is 7.59. The zero-order chi connectivity index (χ0) is 17.3. The maximum atomic E-state index is 12.0. The lowest BCUT2D eigenvalue weighted by molar-refractivity contribution is 0.0593. The molecule has 0 unspecified atom stereocenters. The molecule has 1 fully saturated rings. The SMILES string of the molecule is COC(=O)c1nc(C2CC2)nc(N(C)Cc2ccc(N)cc2)c1Cl. The summed E-state index contributed by atoms with van der Waals surface area (Å²) in [5, 5.41) is 0.212. The van der Waals surface area contributed by atoms with E-state index in [0.29, 0.717) is 29.8 Å². The van der Waals surface area contributed by atoms with Crippen molar-refractivity contribution >= 4 is 29.1 Å². The lowest BCUT2D eigenvalue weighted by Crippen LogP contribution is -2.21. The van der Waals surface area contributed by atoms with Crippen LogP contribution in [0.15, 0.2) is 24.3 Å². The normalized spacial score (nSPS) is 13.6. The molecule has 1 aromatic carbocycles. The Hall–Kier alpha value is -2.34. The molecule has 0 aliphatic heterocycles. The van der Waals surface area contributed by atoms with E-state index in [1.165, 1.54) is 7.11 Å². The quantitative estimate of drug-likeness (QED) is 0.662. The molecule has 1 saturated carbocycles. The standard InChI is InChI=1S/C17H19ClN4O2/c1-22(9-10-3-7-12(19)8-4-10)16-13(18)14(17(23)24-2)20-15(21-16)11-5-6-11/h3-4,7-8,11H,5-6,9,19H2,1-2H3. The summed E-state index contributed by atoms with van der Waals surface area (Å²) in [4.78, 5) is 22.7. The summed E-state index contributed by atoms with van der Waals surface area (Å²) in [5.41, 5.74) is 7.61. The Balaban J connectivity index is 1.94. The van der Waals surface area contributed by atoms with Gasteiger partial charge in [0.05, 0.1) is 7.11 Å². The van der Waals surface area contributed by atoms with E-state index in [0.717, 1.165) is 18.4 Å². The summed E-state index contributed by atoms with van der Waals surface area (Å²) in [6.45, 7) is 0.585. The van der Waals surface area contributed by atoms with Gasteiger partial charge in [0.2, 0.25) is 0 Å². The molecular weight excluding hydrogens is 328 g/mol. The molecule has 1 aromatic heterocycles. The van der Waals surface area contributed by atoms with Crippen LogP contribution in [0.2, 0.25) is 5.02 Å². The number of esters is 1. The second kappa shape index (κ2) is 6.65. The predicted octanol–water partition coefficient (Wildman–Crippen LogP) is 3.01. The number of methoxy groups -OCH3 is 1. The number of halogens is 1. The summed E-state index contributed by atoms with van der Waals surface area (Å²) in [6.07, 6.45) is 2.06. The van der Waals surface area contributed by atoms with Gasteiger partial charge in [-0.25, -0.2) is 14.8 Å². The topological polar surface area (TPSA) is 81.3 Å². The van der Waals surface area contributed by atoms with Crippen molar-refractivity contribution in [2.45, 2.75) is 25.3 Å². The van der Waals surface area contributed by atoms with Gasteiger partial charge >= 0.3 is 5.97 Å². The number of nitrogen functional groups attached to an aromatic ring is 1. The molecule has 126 valence electrons. The van der Waals surface area contributed by atoms with E-state index in [9.17, 15) is 4.79 Å². The number of rotatable bonds is 5. The fourth-order valence-electron chi connectivity index (χ4n) is 2.43. The van der Waals surface area contributed by atoms with Gasteiger partial charge in [0.15, 0.2) is 11.5 Å². The molecule has 7 heteroatoms. The molecule has 1 heterocycles. The fourth-order valence-corrected chi connectivity index (χ4v) is 2.74. The monoisotopic (exact) mass is 346 g/mol. The molecule has 1 aliphatic carbocycles. The predicted molar refractivity (Wildman–Crippen MR) is 93.3 cm³/mol. The van der Waals surface area contributed by atoms with Crippen molar-refractivity contribution in [1.29, 1.82) is 0 Å². The number of benzene rings is 1. The molecule has 0 atom stereocenters. The second-order valence-corrected chi connectivity index (χ2v) is 6.31. The Morgan fingerprint density at radius 3 is 2.58 bits per heavy atom. The van der Waals surface area contributed by atoms with E-state index < -0.39 is 5.97 Å². The summed E-state index contributed by atoms with van der Waals surface area (Å²) in [7, 11) is 3.19. The highest BCUT2D eigenvalue weighted by molar-refractivity contribution is 6.35. The first-order valence-electron chi connectivity index (χ1n) is 7.71. The lowest BCUT2D eigenvalue weighted by Gasteiger charge is -2.21.